The largest absolute Gasteiger partial charge is 0.451 e. The molecule has 19 heavy (non-hydrogen) atoms. The van der Waals surface area contributed by atoms with Crippen LogP contribution in [0, 0.1) is 0 Å². The van der Waals surface area contributed by atoms with Crippen LogP contribution in [0.5, 0.6) is 0 Å². The van der Waals surface area contributed by atoms with Crippen molar-refractivity contribution in [2.45, 2.75) is 32.8 Å². The van der Waals surface area contributed by atoms with Crippen LogP contribution in [0.25, 0.3) is 16.6 Å². The number of aromatic nitrogens is 2. The SMILES string of the molecule is CCC1(C)OC(=O)C(c2nc3ccccc3[nH]2)=C1C. The smallest absolute Gasteiger partial charge is 0.342 e. The van der Waals surface area contributed by atoms with Crippen LogP contribution in [0.2, 0.25) is 0 Å². The first kappa shape index (κ1) is 12.0. The summed E-state index contributed by atoms with van der Waals surface area (Å²) in [6.45, 7) is 5.89. The Balaban J connectivity index is 2.17. The monoisotopic (exact) mass is 256 g/mol. The summed E-state index contributed by atoms with van der Waals surface area (Å²) in [5.41, 5.74) is 2.79. The van der Waals surface area contributed by atoms with Gasteiger partial charge in [0.2, 0.25) is 0 Å². The summed E-state index contributed by atoms with van der Waals surface area (Å²) in [6, 6.07) is 7.73. The lowest BCUT2D eigenvalue weighted by Crippen LogP contribution is -2.25. The van der Waals surface area contributed by atoms with E-state index in [1.807, 2.05) is 45.0 Å². The lowest BCUT2D eigenvalue weighted by Gasteiger charge is -2.22. The van der Waals surface area contributed by atoms with Crippen molar-refractivity contribution < 1.29 is 9.53 Å². The third-order valence-electron chi connectivity index (χ3n) is 3.99. The summed E-state index contributed by atoms with van der Waals surface area (Å²) in [4.78, 5) is 19.8. The fourth-order valence-electron chi connectivity index (χ4n) is 2.43. The number of esters is 1. The number of nitrogens with zero attached hydrogens (tertiary/aromatic N) is 1. The molecule has 1 aromatic heterocycles. The van der Waals surface area contributed by atoms with Gasteiger partial charge < -0.3 is 9.72 Å². The number of hydrogen-bond donors (Lipinski definition) is 1. The average Bonchev–Trinajstić information content (AvgIpc) is 2.90. The molecule has 4 heteroatoms. The topological polar surface area (TPSA) is 55.0 Å². The van der Waals surface area contributed by atoms with Crippen LogP contribution in [0.3, 0.4) is 0 Å². The third-order valence-corrected chi connectivity index (χ3v) is 3.99. The number of cyclic esters (lactones) is 1. The first-order valence-corrected chi connectivity index (χ1v) is 6.45. The molecule has 0 radical (unpaired) electrons. The predicted octanol–water partition coefficient (Wildman–Crippen LogP) is 3.06. The average molecular weight is 256 g/mol. The van der Waals surface area contributed by atoms with Crippen LogP contribution in [-0.4, -0.2) is 21.5 Å². The van der Waals surface area contributed by atoms with E-state index in [2.05, 4.69) is 9.97 Å². The first-order chi connectivity index (χ1) is 9.05. The molecule has 0 saturated carbocycles. The Bertz CT molecular complexity index is 666. The Morgan fingerprint density at radius 1 is 1.37 bits per heavy atom. The Kier molecular flexibility index (Phi) is 2.49. The van der Waals surface area contributed by atoms with Crippen molar-refractivity contribution in [3.8, 4) is 0 Å². The van der Waals surface area contributed by atoms with Crippen molar-refractivity contribution in [1.29, 1.82) is 0 Å². The highest BCUT2D eigenvalue weighted by Gasteiger charge is 2.41. The van der Waals surface area contributed by atoms with Gasteiger partial charge in [0.1, 0.15) is 17.0 Å². The van der Waals surface area contributed by atoms with Gasteiger partial charge in [0.05, 0.1) is 11.0 Å². The summed E-state index contributed by atoms with van der Waals surface area (Å²) in [5, 5.41) is 0. The number of para-hydroxylation sites is 2. The molecule has 0 fully saturated rings. The van der Waals surface area contributed by atoms with E-state index in [1.54, 1.807) is 0 Å². The number of benzene rings is 1. The molecule has 0 spiro atoms. The molecule has 1 unspecified atom stereocenters. The van der Waals surface area contributed by atoms with Gasteiger partial charge in [0.25, 0.3) is 0 Å². The van der Waals surface area contributed by atoms with Crippen LogP contribution < -0.4 is 0 Å². The third kappa shape index (κ3) is 1.67. The normalized spacial score (nSPS) is 23.2. The molecule has 0 aliphatic carbocycles. The number of carbonyl (C=O) groups excluding carboxylic acids is 1. The number of rotatable bonds is 2. The minimum atomic E-state index is -0.509. The van der Waals surface area contributed by atoms with Crippen molar-refractivity contribution in [2.75, 3.05) is 0 Å². The van der Waals surface area contributed by atoms with Crippen molar-refractivity contribution in [1.82, 2.24) is 9.97 Å². The van der Waals surface area contributed by atoms with Gasteiger partial charge in [-0.15, -0.1) is 0 Å². The van der Waals surface area contributed by atoms with Gasteiger partial charge in [-0.2, -0.15) is 0 Å². The van der Waals surface area contributed by atoms with E-state index >= 15 is 0 Å². The van der Waals surface area contributed by atoms with Crippen LogP contribution in [0.4, 0.5) is 0 Å². The number of imidazole rings is 1. The van der Waals surface area contributed by atoms with E-state index in [1.165, 1.54) is 0 Å². The lowest BCUT2D eigenvalue weighted by atomic mass is 9.92. The second kappa shape index (κ2) is 3.95. The van der Waals surface area contributed by atoms with Crippen LogP contribution >= 0.6 is 0 Å². The molecule has 98 valence electrons. The maximum atomic E-state index is 12.1. The van der Waals surface area contributed by atoms with Gasteiger partial charge in [0.15, 0.2) is 0 Å². The van der Waals surface area contributed by atoms with E-state index in [-0.39, 0.29) is 5.97 Å². The zero-order valence-corrected chi connectivity index (χ0v) is 11.3. The molecule has 2 aromatic rings. The van der Waals surface area contributed by atoms with Crippen LogP contribution in [0.15, 0.2) is 29.8 Å². The maximum Gasteiger partial charge on any atom is 0.342 e. The molecule has 0 bridgehead atoms. The molecule has 1 atom stereocenters. The fourth-order valence-corrected chi connectivity index (χ4v) is 2.43. The zero-order valence-electron chi connectivity index (χ0n) is 11.3. The van der Waals surface area contributed by atoms with Crippen molar-refractivity contribution >= 4 is 22.6 Å². The predicted molar refractivity (Wildman–Crippen MR) is 73.5 cm³/mol. The summed E-state index contributed by atoms with van der Waals surface area (Å²) in [6.07, 6.45) is 0.758. The molecule has 1 aliphatic heterocycles. The zero-order chi connectivity index (χ0) is 13.6. The minimum absolute atomic E-state index is 0.291. The lowest BCUT2D eigenvalue weighted by molar-refractivity contribution is -0.144. The van der Waals surface area contributed by atoms with E-state index in [0.29, 0.717) is 11.4 Å². The fraction of sp³-hybridized carbons (Fsp3) is 0.333. The van der Waals surface area contributed by atoms with Gasteiger partial charge in [-0.25, -0.2) is 9.78 Å². The molecule has 0 saturated heterocycles. The Hall–Kier alpha value is -2.10. The molecule has 2 heterocycles. The van der Waals surface area contributed by atoms with E-state index in [0.717, 1.165) is 23.0 Å². The minimum Gasteiger partial charge on any atom is -0.451 e. The second-order valence-corrected chi connectivity index (χ2v) is 5.08. The number of ether oxygens (including phenoxy) is 1. The molecule has 1 aliphatic rings. The summed E-state index contributed by atoms with van der Waals surface area (Å²) in [5.74, 6) is 0.307. The van der Waals surface area contributed by atoms with Gasteiger partial charge >= 0.3 is 5.97 Å². The molecule has 0 amide bonds. The summed E-state index contributed by atoms with van der Waals surface area (Å²) >= 11 is 0. The highest BCUT2D eigenvalue weighted by molar-refractivity contribution is 6.19. The molecule has 4 nitrogen and oxygen atoms in total. The van der Waals surface area contributed by atoms with E-state index < -0.39 is 5.60 Å². The van der Waals surface area contributed by atoms with Crippen molar-refractivity contribution in [3.05, 3.63) is 35.7 Å². The van der Waals surface area contributed by atoms with Crippen LogP contribution in [-0.2, 0) is 9.53 Å². The Labute approximate surface area is 111 Å². The van der Waals surface area contributed by atoms with Crippen molar-refractivity contribution in [2.24, 2.45) is 0 Å². The Morgan fingerprint density at radius 3 is 2.74 bits per heavy atom. The molecular formula is C15H16N2O2. The number of fused-ring (bicyclic) bond motifs is 1. The maximum absolute atomic E-state index is 12.1. The number of hydrogen-bond acceptors (Lipinski definition) is 3. The Morgan fingerprint density at radius 2 is 2.11 bits per heavy atom. The number of carbonyl (C=O) groups is 1. The number of H-pyrrole nitrogens is 1. The van der Waals surface area contributed by atoms with E-state index in [4.69, 9.17) is 4.74 Å². The van der Waals surface area contributed by atoms with Crippen LogP contribution in [0.1, 0.15) is 33.0 Å². The molecule has 1 aromatic carbocycles. The summed E-state index contributed by atoms with van der Waals surface area (Å²) < 4.78 is 5.50. The highest BCUT2D eigenvalue weighted by atomic mass is 16.6. The quantitative estimate of drug-likeness (QED) is 0.840. The van der Waals surface area contributed by atoms with Gasteiger partial charge in [-0.1, -0.05) is 19.1 Å². The van der Waals surface area contributed by atoms with E-state index in [9.17, 15) is 4.79 Å². The first-order valence-electron chi connectivity index (χ1n) is 6.45. The molecular weight excluding hydrogens is 240 g/mol. The van der Waals surface area contributed by atoms with Crippen molar-refractivity contribution in [3.63, 3.8) is 0 Å². The number of nitrogens with one attached hydrogen (secondary N) is 1. The number of aromatic amines is 1. The van der Waals surface area contributed by atoms with Gasteiger partial charge in [0, 0.05) is 0 Å². The standard InChI is InChI=1S/C15H16N2O2/c1-4-15(3)9(2)12(14(18)19-15)13-16-10-7-5-6-8-11(10)17-13/h5-8H,4H2,1-3H3,(H,16,17). The molecule has 3 rings (SSSR count). The summed E-state index contributed by atoms with van der Waals surface area (Å²) in [7, 11) is 0. The van der Waals surface area contributed by atoms with Gasteiger partial charge in [-0.3, -0.25) is 0 Å². The highest BCUT2D eigenvalue weighted by Crippen LogP contribution is 2.38. The second-order valence-electron chi connectivity index (χ2n) is 5.08. The van der Waals surface area contributed by atoms with Gasteiger partial charge in [-0.05, 0) is 38.0 Å². The molecule has 1 N–H and O–H groups in total.